The Labute approximate surface area is 175 Å². The average Bonchev–Trinajstić information content (AvgIpc) is 2.78. The lowest BCUT2D eigenvalue weighted by atomic mass is 10.1. The van der Waals surface area contributed by atoms with Gasteiger partial charge in [0, 0.05) is 36.4 Å². The minimum atomic E-state index is -0.537. The molecule has 1 aliphatic rings. The van der Waals surface area contributed by atoms with Crippen LogP contribution < -0.4 is 10.6 Å². The van der Waals surface area contributed by atoms with Crippen molar-refractivity contribution in [3.63, 3.8) is 0 Å². The zero-order valence-corrected chi connectivity index (χ0v) is 16.8. The number of rotatable bonds is 7. The largest absolute Gasteiger partial charge is 0.468 e. The standard InChI is InChI=1S/C22H25N3O5/c1-29-20(26)14-23-21(27)18-6-3-7-19(13-18)24-22(28)17-5-2-4-16(12-17)15-25-8-10-30-11-9-25/h2-7,12-13H,8-11,14-15H2,1H3,(H,23,27)(H,24,28). The van der Waals surface area contributed by atoms with E-state index < -0.39 is 11.9 Å². The van der Waals surface area contributed by atoms with Crippen LogP contribution in [0.15, 0.2) is 48.5 Å². The van der Waals surface area contributed by atoms with Crippen molar-refractivity contribution in [2.24, 2.45) is 0 Å². The monoisotopic (exact) mass is 411 g/mol. The van der Waals surface area contributed by atoms with Gasteiger partial charge in [-0.05, 0) is 35.9 Å². The summed E-state index contributed by atoms with van der Waals surface area (Å²) in [5, 5.41) is 5.28. The van der Waals surface area contributed by atoms with Gasteiger partial charge in [-0.15, -0.1) is 0 Å². The van der Waals surface area contributed by atoms with Crippen molar-refractivity contribution < 1.29 is 23.9 Å². The first-order valence-electron chi connectivity index (χ1n) is 9.70. The molecule has 30 heavy (non-hydrogen) atoms. The fourth-order valence-corrected chi connectivity index (χ4v) is 3.10. The van der Waals surface area contributed by atoms with Crippen LogP contribution >= 0.6 is 0 Å². The third kappa shape index (κ3) is 6.13. The zero-order chi connectivity index (χ0) is 21.3. The van der Waals surface area contributed by atoms with Crippen molar-refractivity contribution in [3.8, 4) is 0 Å². The van der Waals surface area contributed by atoms with Crippen molar-refractivity contribution in [1.29, 1.82) is 0 Å². The predicted molar refractivity (Wildman–Crippen MR) is 111 cm³/mol. The van der Waals surface area contributed by atoms with Crippen LogP contribution in [0.1, 0.15) is 26.3 Å². The molecule has 8 nitrogen and oxygen atoms in total. The Balaban J connectivity index is 1.62. The fourth-order valence-electron chi connectivity index (χ4n) is 3.10. The van der Waals surface area contributed by atoms with E-state index in [1.165, 1.54) is 7.11 Å². The summed E-state index contributed by atoms with van der Waals surface area (Å²) in [4.78, 5) is 38.3. The summed E-state index contributed by atoms with van der Waals surface area (Å²) in [6.07, 6.45) is 0. The highest BCUT2D eigenvalue weighted by molar-refractivity contribution is 6.05. The molecule has 3 rings (SSSR count). The molecule has 158 valence electrons. The number of hydrogen-bond acceptors (Lipinski definition) is 6. The first-order chi connectivity index (χ1) is 14.5. The summed E-state index contributed by atoms with van der Waals surface area (Å²) >= 11 is 0. The molecule has 0 radical (unpaired) electrons. The number of carbonyl (C=O) groups excluding carboxylic acids is 3. The molecule has 0 spiro atoms. The van der Waals surface area contributed by atoms with Crippen LogP contribution in [-0.4, -0.2) is 62.6 Å². The molecule has 2 aromatic rings. The van der Waals surface area contributed by atoms with Crippen LogP contribution in [0.25, 0.3) is 0 Å². The van der Waals surface area contributed by atoms with Crippen LogP contribution in [0.4, 0.5) is 5.69 Å². The van der Waals surface area contributed by atoms with Gasteiger partial charge in [0.15, 0.2) is 0 Å². The van der Waals surface area contributed by atoms with E-state index in [1.807, 2.05) is 18.2 Å². The second-order valence-corrected chi connectivity index (χ2v) is 6.88. The molecule has 0 aromatic heterocycles. The number of methoxy groups -OCH3 is 1. The Morgan fingerprint density at radius 2 is 1.70 bits per heavy atom. The highest BCUT2D eigenvalue weighted by Gasteiger charge is 2.13. The molecule has 2 aromatic carbocycles. The first-order valence-corrected chi connectivity index (χ1v) is 9.70. The smallest absolute Gasteiger partial charge is 0.325 e. The second kappa shape index (κ2) is 10.5. The lowest BCUT2D eigenvalue weighted by molar-refractivity contribution is -0.139. The van der Waals surface area contributed by atoms with Crippen LogP contribution in [0, 0.1) is 0 Å². The number of nitrogens with one attached hydrogen (secondary N) is 2. The van der Waals surface area contributed by atoms with Gasteiger partial charge in [0.1, 0.15) is 6.54 Å². The van der Waals surface area contributed by atoms with Crippen molar-refractivity contribution in [2.45, 2.75) is 6.54 Å². The molecule has 1 heterocycles. The molecule has 2 amide bonds. The predicted octanol–water partition coefficient (Wildman–Crippen LogP) is 1.67. The Hall–Kier alpha value is -3.23. The lowest BCUT2D eigenvalue weighted by Gasteiger charge is -2.26. The van der Waals surface area contributed by atoms with Gasteiger partial charge in [0.2, 0.25) is 0 Å². The summed E-state index contributed by atoms with van der Waals surface area (Å²) in [7, 11) is 1.25. The number of esters is 1. The molecule has 0 saturated carbocycles. The van der Waals surface area contributed by atoms with E-state index in [9.17, 15) is 14.4 Å². The summed E-state index contributed by atoms with van der Waals surface area (Å²) in [6.45, 7) is 3.75. The third-order valence-electron chi connectivity index (χ3n) is 4.70. The van der Waals surface area contributed by atoms with Gasteiger partial charge in [-0.3, -0.25) is 19.3 Å². The van der Waals surface area contributed by atoms with Gasteiger partial charge >= 0.3 is 5.97 Å². The van der Waals surface area contributed by atoms with E-state index in [-0.39, 0.29) is 12.5 Å². The molecule has 0 atom stereocenters. The molecular weight excluding hydrogens is 386 g/mol. The van der Waals surface area contributed by atoms with Gasteiger partial charge in [-0.2, -0.15) is 0 Å². The maximum absolute atomic E-state index is 12.7. The molecule has 1 saturated heterocycles. The van der Waals surface area contributed by atoms with Crippen molar-refractivity contribution in [2.75, 3.05) is 45.3 Å². The number of anilines is 1. The molecule has 0 bridgehead atoms. The molecular formula is C22H25N3O5. The van der Waals surface area contributed by atoms with Gasteiger partial charge in [-0.25, -0.2) is 0 Å². The van der Waals surface area contributed by atoms with Crippen LogP contribution in [-0.2, 0) is 20.8 Å². The minimum absolute atomic E-state index is 0.220. The van der Waals surface area contributed by atoms with E-state index in [0.717, 1.165) is 38.4 Å². The van der Waals surface area contributed by atoms with Crippen molar-refractivity contribution in [1.82, 2.24) is 10.2 Å². The van der Waals surface area contributed by atoms with E-state index in [1.54, 1.807) is 30.3 Å². The number of ether oxygens (including phenoxy) is 2. The van der Waals surface area contributed by atoms with Crippen molar-refractivity contribution >= 4 is 23.5 Å². The van der Waals surface area contributed by atoms with E-state index in [2.05, 4.69) is 20.3 Å². The molecule has 1 fully saturated rings. The topological polar surface area (TPSA) is 97.0 Å². The fraction of sp³-hybridized carbons (Fsp3) is 0.318. The Morgan fingerprint density at radius 3 is 2.43 bits per heavy atom. The maximum atomic E-state index is 12.7. The molecule has 0 unspecified atom stereocenters. The summed E-state index contributed by atoms with van der Waals surface area (Å²) in [5.41, 5.74) is 2.42. The number of morpholine rings is 1. The Bertz CT molecular complexity index is 909. The molecule has 0 aliphatic carbocycles. The second-order valence-electron chi connectivity index (χ2n) is 6.88. The summed E-state index contributed by atoms with van der Waals surface area (Å²) in [5.74, 6) is -1.22. The van der Waals surface area contributed by atoms with Gasteiger partial charge in [0.25, 0.3) is 11.8 Å². The number of amides is 2. The zero-order valence-electron chi connectivity index (χ0n) is 16.8. The highest BCUT2D eigenvalue weighted by Crippen LogP contribution is 2.15. The lowest BCUT2D eigenvalue weighted by Crippen LogP contribution is -2.35. The van der Waals surface area contributed by atoms with E-state index in [4.69, 9.17) is 4.74 Å². The number of carbonyl (C=O) groups is 3. The normalized spacial score (nSPS) is 14.0. The van der Waals surface area contributed by atoms with Gasteiger partial charge in [0.05, 0.1) is 20.3 Å². The number of benzene rings is 2. The highest BCUT2D eigenvalue weighted by atomic mass is 16.5. The SMILES string of the molecule is COC(=O)CNC(=O)c1cccc(NC(=O)c2cccc(CN3CCOCC3)c2)c1. The van der Waals surface area contributed by atoms with Crippen molar-refractivity contribution in [3.05, 3.63) is 65.2 Å². The van der Waals surface area contributed by atoms with Crippen LogP contribution in [0.5, 0.6) is 0 Å². The average molecular weight is 411 g/mol. The van der Waals surface area contributed by atoms with Gasteiger partial charge < -0.3 is 20.1 Å². The maximum Gasteiger partial charge on any atom is 0.325 e. The van der Waals surface area contributed by atoms with E-state index >= 15 is 0 Å². The van der Waals surface area contributed by atoms with E-state index in [0.29, 0.717) is 16.8 Å². The quantitative estimate of drug-likeness (QED) is 0.673. The Morgan fingerprint density at radius 1 is 1.00 bits per heavy atom. The molecule has 2 N–H and O–H groups in total. The first kappa shape index (κ1) is 21.5. The number of nitrogens with zero attached hydrogens (tertiary/aromatic N) is 1. The van der Waals surface area contributed by atoms with Gasteiger partial charge in [-0.1, -0.05) is 18.2 Å². The molecule has 1 aliphatic heterocycles. The van der Waals surface area contributed by atoms with Crippen LogP contribution in [0.3, 0.4) is 0 Å². The Kier molecular flexibility index (Phi) is 7.53. The third-order valence-corrected chi connectivity index (χ3v) is 4.70. The summed E-state index contributed by atoms with van der Waals surface area (Å²) < 4.78 is 9.87. The number of hydrogen-bond donors (Lipinski definition) is 2. The minimum Gasteiger partial charge on any atom is -0.468 e. The summed E-state index contributed by atoms with van der Waals surface area (Å²) in [6, 6.07) is 14.0. The molecule has 8 heteroatoms. The van der Waals surface area contributed by atoms with Crippen LogP contribution in [0.2, 0.25) is 0 Å².